The van der Waals surface area contributed by atoms with Gasteiger partial charge in [0.2, 0.25) is 11.8 Å². The lowest BCUT2D eigenvalue weighted by Crippen LogP contribution is -2.69. The highest BCUT2D eigenvalue weighted by atomic mass is 19.1. The van der Waals surface area contributed by atoms with Crippen molar-refractivity contribution >= 4 is 29.3 Å². The van der Waals surface area contributed by atoms with Gasteiger partial charge in [0.15, 0.2) is 5.78 Å². The second kappa shape index (κ2) is 11.1. The molecule has 0 unspecified atom stereocenters. The predicted molar refractivity (Wildman–Crippen MR) is 143 cm³/mol. The van der Waals surface area contributed by atoms with Gasteiger partial charge in [-0.1, -0.05) is 42.5 Å². The molecule has 9 heteroatoms. The number of rotatable bonds is 6. The summed E-state index contributed by atoms with van der Waals surface area (Å²) in [6.07, 6.45) is -0.161. The molecular weight excluding hydrogens is 499 g/mol. The van der Waals surface area contributed by atoms with Crippen molar-refractivity contribution in [3.63, 3.8) is 0 Å². The van der Waals surface area contributed by atoms with Gasteiger partial charge in [-0.2, -0.15) is 0 Å². The molecule has 2 aliphatic rings. The van der Waals surface area contributed by atoms with E-state index in [-0.39, 0.29) is 42.9 Å². The van der Waals surface area contributed by atoms with Crippen LogP contribution in [0.4, 0.5) is 14.9 Å². The van der Waals surface area contributed by atoms with Crippen molar-refractivity contribution in [1.82, 2.24) is 14.7 Å². The Labute approximate surface area is 226 Å². The van der Waals surface area contributed by atoms with Gasteiger partial charge in [0.25, 0.3) is 0 Å². The second-order valence-corrected chi connectivity index (χ2v) is 9.77. The van der Waals surface area contributed by atoms with Crippen LogP contribution in [0.15, 0.2) is 78.9 Å². The Morgan fingerprint density at radius 2 is 1.72 bits per heavy atom. The molecule has 4 amide bonds. The maximum absolute atomic E-state index is 13.8. The van der Waals surface area contributed by atoms with Crippen LogP contribution in [-0.4, -0.2) is 64.1 Å². The summed E-state index contributed by atoms with van der Waals surface area (Å²) in [7, 11) is 0. The number of urea groups is 1. The van der Waals surface area contributed by atoms with Crippen LogP contribution in [0, 0.1) is 5.82 Å². The van der Waals surface area contributed by atoms with E-state index in [0.29, 0.717) is 29.8 Å². The van der Waals surface area contributed by atoms with Crippen molar-refractivity contribution in [2.75, 3.05) is 25.0 Å². The molecule has 5 rings (SSSR count). The van der Waals surface area contributed by atoms with Gasteiger partial charge in [0.1, 0.15) is 18.0 Å². The Bertz CT molecular complexity index is 1400. The molecule has 3 aromatic rings. The molecule has 0 aromatic heterocycles. The van der Waals surface area contributed by atoms with Crippen LogP contribution in [-0.2, 0) is 16.0 Å². The van der Waals surface area contributed by atoms with E-state index in [9.17, 15) is 23.6 Å². The third-order valence-corrected chi connectivity index (χ3v) is 7.22. The number of ketones is 1. The van der Waals surface area contributed by atoms with Crippen LogP contribution >= 0.6 is 0 Å². The number of carbonyl (C=O) groups excluding carboxylic acids is 4. The maximum atomic E-state index is 13.8. The quantitative estimate of drug-likeness (QED) is 0.485. The van der Waals surface area contributed by atoms with Crippen molar-refractivity contribution < 1.29 is 23.6 Å². The number of carbonyl (C=O) groups is 4. The number of amides is 4. The number of anilines is 1. The Kier molecular flexibility index (Phi) is 7.40. The summed E-state index contributed by atoms with van der Waals surface area (Å²) in [5, 5.41) is 2.86. The Balaban J connectivity index is 1.42. The maximum Gasteiger partial charge on any atom is 0.323 e. The van der Waals surface area contributed by atoms with E-state index in [4.69, 9.17) is 0 Å². The molecule has 200 valence electrons. The molecule has 2 saturated heterocycles. The summed E-state index contributed by atoms with van der Waals surface area (Å²) in [5.74, 6) is -0.843. The van der Waals surface area contributed by atoms with Crippen molar-refractivity contribution in [2.45, 2.75) is 32.0 Å². The SMILES string of the molecule is CC(=O)c1ccc(NC(=O)N2CCC(=O)N3[C@@H](c4ccccc4)C(=O)N(CCc4cccc(F)c4)C[C@H]23)cc1. The van der Waals surface area contributed by atoms with Crippen LogP contribution in [0.25, 0.3) is 0 Å². The molecule has 2 fully saturated rings. The zero-order valence-corrected chi connectivity index (χ0v) is 21.5. The van der Waals surface area contributed by atoms with E-state index in [1.807, 2.05) is 18.2 Å². The zero-order chi connectivity index (χ0) is 27.5. The summed E-state index contributed by atoms with van der Waals surface area (Å²) < 4.78 is 13.7. The molecule has 3 aromatic carbocycles. The third kappa shape index (κ3) is 5.52. The van der Waals surface area contributed by atoms with Crippen LogP contribution in [0.5, 0.6) is 0 Å². The fourth-order valence-corrected chi connectivity index (χ4v) is 5.21. The number of nitrogens with one attached hydrogen (secondary N) is 1. The number of nitrogens with zero attached hydrogens (tertiary/aromatic N) is 3. The highest BCUT2D eigenvalue weighted by molar-refractivity contribution is 5.96. The lowest BCUT2D eigenvalue weighted by Gasteiger charge is -2.52. The number of halogens is 1. The normalized spacial score (nSPS) is 19.1. The third-order valence-electron chi connectivity index (χ3n) is 7.22. The Hall–Kier alpha value is -4.53. The van der Waals surface area contributed by atoms with E-state index in [1.54, 1.807) is 58.3 Å². The topological polar surface area (TPSA) is 90.0 Å². The first-order valence-electron chi connectivity index (χ1n) is 12.9. The number of hydrogen-bond donors (Lipinski definition) is 1. The Morgan fingerprint density at radius 3 is 2.41 bits per heavy atom. The zero-order valence-electron chi connectivity index (χ0n) is 21.5. The second-order valence-electron chi connectivity index (χ2n) is 9.77. The highest BCUT2D eigenvalue weighted by Crippen LogP contribution is 2.35. The smallest absolute Gasteiger partial charge is 0.323 e. The molecule has 8 nitrogen and oxygen atoms in total. The lowest BCUT2D eigenvalue weighted by atomic mass is 9.97. The van der Waals surface area contributed by atoms with Gasteiger partial charge >= 0.3 is 6.03 Å². The average Bonchev–Trinajstić information content (AvgIpc) is 2.93. The van der Waals surface area contributed by atoms with Crippen molar-refractivity contribution in [1.29, 1.82) is 0 Å². The van der Waals surface area contributed by atoms with E-state index < -0.39 is 18.2 Å². The fourth-order valence-electron chi connectivity index (χ4n) is 5.21. The van der Waals surface area contributed by atoms with Gasteiger partial charge in [-0.25, -0.2) is 9.18 Å². The molecule has 0 aliphatic carbocycles. The minimum absolute atomic E-state index is 0.0739. The van der Waals surface area contributed by atoms with Crippen molar-refractivity contribution in [2.24, 2.45) is 0 Å². The molecule has 1 N–H and O–H groups in total. The fraction of sp³-hybridized carbons (Fsp3) is 0.267. The number of hydrogen-bond acceptors (Lipinski definition) is 4. The number of piperazine rings is 1. The van der Waals surface area contributed by atoms with Gasteiger partial charge in [-0.3, -0.25) is 14.4 Å². The molecular formula is C30H29FN4O4. The highest BCUT2D eigenvalue weighted by Gasteiger charge is 2.49. The molecule has 2 atom stereocenters. The number of benzene rings is 3. The molecule has 2 heterocycles. The minimum atomic E-state index is -0.879. The number of Topliss-reactive ketones (excluding diaryl/α,β-unsaturated/α-hetero) is 1. The number of fused-ring (bicyclic) bond motifs is 1. The van der Waals surface area contributed by atoms with Crippen molar-refractivity contribution in [3.05, 3.63) is 101 Å². The molecule has 0 bridgehead atoms. The Morgan fingerprint density at radius 1 is 0.974 bits per heavy atom. The van der Waals surface area contributed by atoms with Crippen LogP contribution in [0.3, 0.4) is 0 Å². The van der Waals surface area contributed by atoms with Gasteiger partial charge in [0, 0.05) is 30.8 Å². The first-order valence-corrected chi connectivity index (χ1v) is 12.9. The largest absolute Gasteiger partial charge is 0.336 e. The summed E-state index contributed by atoms with van der Waals surface area (Å²) in [4.78, 5) is 56.8. The standard InChI is InChI=1S/C30H29FN4O4/c1-20(36)22-10-12-25(13-11-22)32-30(39)34-17-15-27(37)35-26(34)19-33(16-14-21-6-5-9-24(31)18-21)29(38)28(35)23-7-3-2-4-8-23/h2-13,18,26,28H,14-17,19H2,1H3,(H,32,39)/t26-,28+/m1/s1. The van der Waals surface area contributed by atoms with E-state index in [2.05, 4.69) is 5.32 Å². The summed E-state index contributed by atoms with van der Waals surface area (Å²) in [6.45, 7) is 2.12. The van der Waals surface area contributed by atoms with Gasteiger partial charge in [-0.15, -0.1) is 0 Å². The van der Waals surface area contributed by atoms with E-state index in [1.165, 1.54) is 24.0 Å². The first kappa shape index (κ1) is 26.1. The van der Waals surface area contributed by atoms with Crippen LogP contribution in [0.1, 0.15) is 40.9 Å². The van der Waals surface area contributed by atoms with Crippen LogP contribution < -0.4 is 5.32 Å². The summed E-state index contributed by atoms with van der Waals surface area (Å²) in [5.41, 5.74) is 2.47. The minimum Gasteiger partial charge on any atom is -0.336 e. The predicted octanol–water partition coefficient (Wildman–Crippen LogP) is 4.25. The lowest BCUT2D eigenvalue weighted by molar-refractivity contribution is -0.167. The molecule has 0 saturated carbocycles. The van der Waals surface area contributed by atoms with Gasteiger partial charge in [0.05, 0.1) is 6.54 Å². The van der Waals surface area contributed by atoms with E-state index in [0.717, 1.165) is 5.56 Å². The van der Waals surface area contributed by atoms with E-state index >= 15 is 0 Å². The van der Waals surface area contributed by atoms with Crippen LogP contribution in [0.2, 0.25) is 0 Å². The molecule has 2 aliphatic heterocycles. The first-order chi connectivity index (χ1) is 18.8. The summed E-state index contributed by atoms with van der Waals surface area (Å²) in [6, 6.07) is 20.6. The van der Waals surface area contributed by atoms with Crippen molar-refractivity contribution in [3.8, 4) is 0 Å². The van der Waals surface area contributed by atoms with Gasteiger partial charge in [-0.05, 0) is 60.9 Å². The molecule has 39 heavy (non-hydrogen) atoms. The average molecular weight is 529 g/mol. The molecule has 0 radical (unpaired) electrons. The molecule has 0 spiro atoms. The summed E-state index contributed by atoms with van der Waals surface area (Å²) >= 11 is 0. The van der Waals surface area contributed by atoms with Gasteiger partial charge < -0.3 is 20.0 Å². The monoisotopic (exact) mass is 528 g/mol.